The second kappa shape index (κ2) is 13.9. The van der Waals surface area contributed by atoms with Crippen molar-refractivity contribution in [3.05, 3.63) is 88.7 Å². The van der Waals surface area contributed by atoms with Crippen LogP contribution in [0.5, 0.6) is 11.5 Å². The molecule has 8 nitrogen and oxygen atoms in total. The summed E-state index contributed by atoms with van der Waals surface area (Å²) >= 11 is 0. The van der Waals surface area contributed by atoms with Crippen LogP contribution < -0.4 is 14.8 Å². The maximum atomic E-state index is 13.2. The number of anilines is 1. The summed E-state index contributed by atoms with van der Waals surface area (Å²) < 4.78 is 30.1. The van der Waals surface area contributed by atoms with Crippen molar-refractivity contribution in [2.24, 2.45) is 0 Å². The first-order valence-corrected chi connectivity index (χ1v) is 12.3. The molecule has 0 bridgehead atoms. The van der Waals surface area contributed by atoms with E-state index in [0.717, 1.165) is 24.6 Å². The second-order valence-electron chi connectivity index (χ2n) is 8.32. The quantitative estimate of drug-likeness (QED) is 0.107. The maximum absolute atomic E-state index is 13.2. The first-order valence-electron chi connectivity index (χ1n) is 12.3. The zero-order valence-electron chi connectivity index (χ0n) is 21.3. The van der Waals surface area contributed by atoms with Crippen LogP contribution in [0, 0.1) is 11.2 Å². The van der Waals surface area contributed by atoms with Gasteiger partial charge in [0, 0.05) is 35.2 Å². The maximum Gasteiger partial charge on any atom is 0.353 e. The zero-order chi connectivity index (χ0) is 27.5. The van der Waals surface area contributed by atoms with E-state index < -0.39 is 18.0 Å². The van der Waals surface area contributed by atoms with Crippen LogP contribution >= 0.6 is 0 Å². The first-order chi connectivity index (χ1) is 18.4. The highest BCUT2D eigenvalue weighted by Gasteiger charge is 2.18. The van der Waals surface area contributed by atoms with Crippen LogP contribution in [0.15, 0.2) is 60.7 Å². The summed E-state index contributed by atoms with van der Waals surface area (Å²) in [5.74, 6) is -0.589. The van der Waals surface area contributed by atoms with Crippen molar-refractivity contribution >= 4 is 23.7 Å². The summed E-state index contributed by atoms with van der Waals surface area (Å²) in [6, 6.07) is 15.6. The molecule has 0 saturated heterocycles. The van der Waals surface area contributed by atoms with E-state index in [-0.39, 0.29) is 25.6 Å². The van der Waals surface area contributed by atoms with Gasteiger partial charge >= 0.3 is 5.97 Å². The average Bonchev–Trinajstić information content (AvgIpc) is 2.92. The molecule has 3 aromatic carbocycles. The highest BCUT2D eigenvalue weighted by molar-refractivity contribution is 6.09. The third kappa shape index (κ3) is 7.63. The summed E-state index contributed by atoms with van der Waals surface area (Å²) in [6.45, 7) is 4.42. The molecule has 200 valence electrons. The number of aliphatic carboxylic acids is 1. The molecule has 0 aromatic heterocycles. The van der Waals surface area contributed by atoms with Gasteiger partial charge in [-0.15, -0.1) is 0 Å². The molecule has 3 aromatic rings. The Kier molecular flexibility index (Phi) is 10.4. The number of carboxylic acids is 1. The van der Waals surface area contributed by atoms with Crippen molar-refractivity contribution in [1.29, 1.82) is 5.41 Å². The number of carbonyl (C=O) groups excluding carboxylic acids is 1. The minimum absolute atomic E-state index is 0.187. The Labute approximate surface area is 220 Å². The molecule has 38 heavy (non-hydrogen) atoms. The van der Waals surface area contributed by atoms with Crippen molar-refractivity contribution in [2.75, 3.05) is 25.1 Å². The Hall–Kier alpha value is -4.24. The normalized spacial score (nSPS) is 11.4. The van der Waals surface area contributed by atoms with Gasteiger partial charge in [0.05, 0.1) is 0 Å². The van der Waals surface area contributed by atoms with Gasteiger partial charge in [-0.05, 0) is 79.6 Å². The van der Waals surface area contributed by atoms with E-state index in [4.69, 9.17) is 19.6 Å². The largest absolute Gasteiger partial charge is 0.490 e. The van der Waals surface area contributed by atoms with Crippen molar-refractivity contribution in [2.45, 2.75) is 32.9 Å². The fourth-order valence-electron chi connectivity index (χ4n) is 3.77. The summed E-state index contributed by atoms with van der Waals surface area (Å²) in [5.41, 5.74) is 2.69. The van der Waals surface area contributed by atoms with Gasteiger partial charge in [-0.25, -0.2) is 9.18 Å². The van der Waals surface area contributed by atoms with Crippen molar-refractivity contribution in [1.82, 2.24) is 0 Å². The lowest BCUT2D eigenvalue weighted by atomic mass is 9.99. The van der Waals surface area contributed by atoms with E-state index in [9.17, 15) is 19.1 Å². The fourth-order valence-corrected chi connectivity index (χ4v) is 3.77. The Morgan fingerprint density at radius 3 is 2.37 bits per heavy atom. The number of nitrogens with one attached hydrogen (secondary N) is 2. The Morgan fingerprint density at radius 2 is 1.71 bits per heavy atom. The highest BCUT2D eigenvalue weighted by Crippen LogP contribution is 2.25. The summed E-state index contributed by atoms with van der Waals surface area (Å²) in [6.07, 6.45) is 1.45. The summed E-state index contributed by atoms with van der Waals surface area (Å²) in [4.78, 5) is 24.1. The molecule has 0 amide bonds. The van der Waals surface area contributed by atoms with E-state index in [1.165, 1.54) is 24.3 Å². The third-order valence-electron chi connectivity index (χ3n) is 5.58. The average molecular weight is 523 g/mol. The molecular formula is C29H31FN2O6. The van der Waals surface area contributed by atoms with Gasteiger partial charge in [0.2, 0.25) is 6.23 Å². The molecule has 0 aliphatic rings. The van der Waals surface area contributed by atoms with Crippen molar-refractivity contribution in [3.63, 3.8) is 0 Å². The molecule has 1 atom stereocenters. The van der Waals surface area contributed by atoms with Gasteiger partial charge in [-0.2, -0.15) is 0 Å². The van der Waals surface area contributed by atoms with Crippen molar-refractivity contribution < 1.29 is 33.3 Å². The summed E-state index contributed by atoms with van der Waals surface area (Å²) in [5, 5.41) is 19.7. The molecule has 0 aliphatic heterocycles. The Morgan fingerprint density at radius 1 is 1.00 bits per heavy atom. The van der Waals surface area contributed by atoms with Crippen LogP contribution in [0.25, 0.3) is 0 Å². The van der Waals surface area contributed by atoms with E-state index in [1.54, 1.807) is 43.3 Å². The van der Waals surface area contributed by atoms with Crippen LogP contribution in [-0.2, 0) is 16.0 Å². The fraction of sp³-hybridized carbons (Fsp3) is 0.276. The van der Waals surface area contributed by atoms with Gasteiger partial charge in [0.15, 0.2) is 5.78 Å². The molecule has 0 spiro atoms. The third-order valence-corrected chi connectivity index (χ3v) is 5.58. The summed E-state index contributed by atoms with van der Waals surface area (Å²) in [7, 11) is 0. The number of aryl methyl sites for hydroxylation is 1. The Bertz CT molecular complexity index is 1260. The molecule has 3 N–H and O–H groups in total. The van der Waals surface area contributed by atoms with Crippen LogP contribution in [0.3, 0.4) is 0 Å². The minimum atomic E-state index is -1.23. The van der Waals surface area contributed by atoms with E-state index in [1.807, 2.05) is 6.92 Å². The smallest absolute Gasteiger partial charge is 0.353 e. The predicted molar refractivity (Wildman–Crippen MR) is 142 cm³/mol. The number of benzene rings is 3. The van der Waals surface area contributed by atoms with Crippen LogP contribution in [0.2, 0.25) is 0 Å². The van der Waals surface area contributed by atoms with Gasteiger partial charge in [0.1, 0.15) is 30.5 Å². The number of hydrogen-bond donors (Lipinski definition) is 3. The van der Waals surface area contributed by atoms with Crippen LogP contribution in [0.1, 0.15) is 47.3 Å². The van der Waals surface area contributed by atoms with Crippen LogP contribution in [-0.4, -0.2) is 49.1 Å². The molecule has 0 saturated carbocycles. The van der Waals surface area contributed by atoms with Crippen LogP contribution in [0.4, 0.5) is 10.1 Å². The number of halogens is 1. The Balaban J connectivity index is 1.61. The second-order valence-corrected chi connectivity index (χ2v) is 8.32. The highest BCUT2D eigenvalue weighted by atomic mass is 19.1. The lowest BCUT2D eigenvalue weighted by Crippen LogP contribution is -2.32. The van der Waals surface area contributed by atoms with E-state index in [0.29, 0.717) is 33.9 Å². The van der Waals surface area contributed by atoms with E-state index in [2.05, 4.69) is 5.32 Å². The topological polar surface area (TPSA) is 118 Å². The number of hydrogen-bond acceptors (Lipinski definition) is 7. The molecular weight excluding hydrogens is 491 g/mol. The van der Waals surface area contributed by atoms with Gasteiger partial charge in [0.25, 0.3) is 0 Å². The lowest BCUT2D eigenvalue weighted by Gasteiger charge is -2.18. The molecule has 0 heterocycles. The number of ketones is 1. The van der Waals surface area contributed by atoms with Crippen molar-refractivity contribution in [3.8, 4) is 11.5 Å². The van der Waals surface area contributed by atoms with E-state index >= 15 is 0 Å². The zero-order valence-corrected chi connectivity index (χ0v) is 21.3. The molecule has 0 radical (unpaired) electrons. The molecule has 3 rings (SSSR count). The monoisotopic (exact) mass is 522 g/mol. The molecule has 0 fully saturated rings. The van der Waals surface area contributed by atoms with Gasteiger partial charge < -0.3 is 30.0 Å². The number of ether oxygens (including phenoxy) is 3. The SMILES string of the molecule is CCCc1cc(C(=O)c2ccc(F)cc2)ccc1OCCOc1ccc(NC(OCC)C(=O)O)c(C=N)c1. The molecule has 9 heteroatoms. The van der Waals surface area contributed by atoms with Gasteiger partial charge in [-0.3, -0.25) is 4.79 Å². The van der Waals surface area contributed by atoms with Gasteiger partial charge in [-0.1, -0.05) is 13.3 Å². The number of carboxylic acid groups (broad SMARTS) is 1. The molecule has 0 aliphatic carbocycles. The minimum Gasteiger partial charge on any atom is -0.490 e. The lowest BCUT2D eigenvalue weighted by molar-refractivity contribution is -0.148. The first kappa shape index (κ1) is 28.3. The standard InChI is InChI=1S/C29H31FN2O6/c1-3-5-20-16-21(27(33)19-6-9-23(30)10-7-19)8-13-26(20)38-15-14-37-24-11-12-25(22(17-24)18-31)32-28(29(34)35)36-4-2/h6-13,16-18,28,31-32H,3-5,14-15H2,1-2H3,(H,34,35). The predicted octanol–water partition coefficient (Wildman–Crippen LogP) is 5.32. The molecule has 1 unspecified atom stereocenters. The number of rotatable bonds is 15. The number of carbonyl (C=O) groups is 2.